The molecule has 0 bridgehead atoms. The predicted molar refractivity (Wildman–Crippen MR) is 109 cm³/mol. The Balaban J connectivity index is 1.87. The summed E-state index contributed by atoms with van der Waals surface area (Å²) < 4.78 is 5.83. The van der Waals surface area contributed by atoms with E-state index in [1.165, 1.54) is 18.4 Å². The zero-order valence-corrected chi connectivity index (χ0v) is 17.2. The van der Waals surface area contributed by atoms with Gasteiger partial charge in [0, 0.05) is 12.6 Å². The molecule has 2 aromatic heterocycles. The summed E-state index contributed by atoms with van der Waals surface area (Å²) in [4.78, 5) is 26.5. The molecule has 2 atom stereocenters. The molecule has 3 aromatic rings. The molecule has 0 aliphatic rings. The van der Waals surface area contributed by atoms with Crippen molar-refractivity contribution in [2.75, 3.05) is 13.6 Å². The molecule has 29 heavy (non-hydrogen) atoms. The highest BCUT2D eigenvalue weighted by Gasteiger charge is 2.33. The third-order valence-corrected chi connectivity index (χ3v) is 5.27. The number of amides is 3. The summed E-state index contributed by atoms with van der Waals surface area (Å²) in [7, 11) is 1.47. The number of hydrogen-bond donors (Lipinski definition) is 3. The van der Waals surface area contributed by atoms with Crippen LogP contribution < -0.4 is 15.5 Å². The maximum Gasteiger partial charge on any atom is 0.321 e. The van der Waals surface area contributed by atoms with Crippen molar-refractivity contribution in [1.29, 1.82) is 0 Å². The number of aromatic nitrogens is 2. The maximum atomic E-state index is 13.0. The Labute approximate surface area is 172 Å². The summed E-state index contributed by atoms with van der Waals surface area (Å²) >= 11 is 1.52. The van der Waals surface area contributed by atoms with Crippen LogP contribution in [0.4, 0.5) is 4.79 Å². The molecule has 3 N–H and O–H groups in total. The third kappa shape index (κ3) is 5.27. The largest absolute Gasteiger partial charge is 0.414 e. The highest BCUT2D eigenvalue weighted by Crippen LogP contribution is 2.22. The van der Waals surface area contributed by atoms with E-state index >= 15 is 0 Å². The Morgan fingerprint density at radius 3 is 2.62 bits per heavy atom. The van der Waals surface area contributed by atoms with Crippen LogP contribution in [0.3, 0.4) is 0 Å². The number of rotatable bonds is 8. The summed E-state index contributed by atoms with van der Waals surface area (Å²) in [5, 5.41) is 15.1. The lowest BCUT2D eigenvalue weighted by molar-refractivity contribution is -0.936. The van der Waals surface area contributed by atoms with Gasteiger partial charge < -0.3 is 14.6 Å². The fourth-order valence-electron chi connectivity index (χ4n) is 3.14. The number of nitrogens with one attached hydrogen (secondary N) is 3. The smallest absolute Gasteiger partial charge is 0.321 e. The number of carbonyl (C=O) groups is 2. The number of imide groups is 1. The molecule has 0 spiro atoms. The molecule has 3 rings (SSSR count). The first-order valence-electron chi connectivity index (χ1n) is 9.40. The van der Waals surface area contributed by atoms with Crippen molar-refractivity contribution in [3.63, 3.8) is 0 Å². The van der Waals surface area contributed by atoms with Gasteiger partial charge in [0.05, 0.1) is 11.4 Å². The summed E-state index contributed by atoms with van der Waals surface area (Å²) in [6, 6.07) is 12.1. The Morgan fingerprint density at radius 1 is 1.17 bits per heavy atom. The van der Waals surface area contributed by atoms with Crippen LogP contribution in [0, 0.1) is 0 Å². The molecule has 0 radical (unpaired) electrons. The maximum absolute atomic E-state index is 13.0. The molecule has 8 nitrogen and oxygen atoms in total. The lowest BCUT2D eigenvalue weighted by atomic mass is 10.0. The highest BCUT2D eigenvalue weighted by molar-refractivity contribution is 7.13. The van der Waals surface area contributed by atoms with E-state index in [0.29, 0.717) is 24.9 Å². The highest BCUT2D eigenvalue weighted by atomic mass is 32.1. The second-order valence-corrected chi connectivity index (χ2v) is 7.42. The lowest BCUT2D eigenvalue weighted by Gasteiger charge is -2.26. The molecule has 1 aromatic carbocycles. The van der Waals surface area contributed by atoms with Gasteiger partial charge in [-0.3, -0.25) is 10.1 Å². The topological polar surface area (TPSA) is 102 Å². The molecule has 9 heteroatoms. The first kappa shape index (κ1) is 20.7. The van der Waals surface area contributed by atoms with Gasteiger partial charge in [-0.1, -0.05) is 43.3 Å². The SMILES string of the molecule is CCC[NH+](Cc1nnc(-c2cccs2)o1)[C@H](C(=O)NC(=O)NC)c1ccccc1. The van der Waals surface area contributed by atoms with Crippen LogP contribution in [0.1, 0.15) is 30.8 Å². The number of quaternary nitrogens is 1. The minimum atomic E-state index is -0.592. The molecule has 2 heterocycles. The number of nitrogens with zero attached hydrogens (tertiary/aromatic N) is 2. The van der Waals surface area contributed by atoms with Crippen LogP contribution in [0.25, 0.3) is 10.8 Å². The van der Waals surface area contributed by atoms with Gasteiger partial charge in [-0.25, -0.2) is 4.79 Å². The molecule has 152 valence electrons. The molecule has 3 amide bonds. The van der Waals surface area contributed by atoms with Crippen LogP contribution in [0.5, 0.6) is 0 Å². The summed E-state index contributed by atoms with van der Waals surface area (Å²) in [5.74, 6) is 0.541. The molecule has 0 saturated carbocycles. The molecule has 0 aliphatic heterocycles. The van der Waals surface area contributed by atoms with Gasteiger partial charge in [0.15, 0.2) is 12.6 Å². The molecular formula is C20H24N5O3S+. The average molecular weight is 415 g/mol. The molecule has 0 fully saturated rings. The fourth-order valence-corrected chi connectivity index (χ4v) is 3.78. The number of carbonyl (C=O) groups excluding carboxylic acids is 2. The van der Waals surface area contributed by atoms with Gasteiger partial charge in [-0.2, -0.15) is 0 Å². The number of urea groups is 1. The first-order chi connectivity index (χ1) is 14.1. The Bertz CT molecular complexity index is 927. The van der Waals surface area contributed by atoms with Crippen LogP contribution in [-0.2, 0) is 11.3 Å². The van der Waals surface area contributed by atoms with Gasteiger partial charge in [0.1, 0.15) is 0 Å². The molecule has 0 aliphatic carbocycles. The van der Waals surface area contributed by atoms with Gasteiger partial charge in [-0.15, -0.1) is 21.5 Å². The zero-order valence-electron chi connectivity index (χ0n) is 16.3. The van der Waals surface area contributed by atoms with Crippen LogP contribution in [0.2, 0.25) is 0 Å². The second kappa shape index (κ2) is 9.94. The standard InChI is InChI=1S/C20H23N5O3S/c1-3-11-25(13-16-23-24-19(28-16)15-10-7-12-29-15)17(14-8-5-4-6-9-14)18(26)22-20(27)21-2/h4-10,12,17H,3,11,13H2,1-2H3,(H2,21,22,26,27)/p+1/t17-/m0/s1. The quantitative estimate of drug-likeness (QED) is 0.522. The van der Waals surface area contributed by atoms with Crippen molar-refractivity contribution < 1.29 is 18.9 Å². The van der Waals surface area contributed by atoms with Crippen LogP contribution >= 0.6 is 11.3 Å². The number of thiophene rings is 1. The van der Waals surface area contributed by atoms with E-state index < -0.39 is 12.1 Å². The van der Waals surface area contributed by atoms with Gasteiger partial charge in [0.2, 0.25) is 0 Å². The second-order valence-electron chi connectivity index (χ2n) is 6.48. The van der Waals surface area contributed by atoms with E-state index in [1.54, 1.807) is 0 Å². The first-order valence-corrected chi connectivity index (χ1v) is 10.3. The van der Waals surface area contributed by atoms with Crippen LogP contribution in [-0.4, -0.2) is 35.7 Å². The van der Waals surface area contributed by atoms with Crippen molar-refractivity contribution in [3.8, 4) is 10.8 Å². The van der Waals surface area contributed by atoms with E-state index in [0.717, 1.165) is 21.8 Å². The van der Waals surface area contributed by atoms with Gasteiger partial charge >= 0.3 is 6.03 Å². The number of benzene rings is 1. The Hall–Kier alpha value is -3.04. The van der Waals surface area contributed by atoms with E-state index in [1.807, 2.05) is 54.8 Å². The van der Waals surface area contributed by atoms with Crippen molar-refractivity contribution >= 4 is 23.3 Å². The minimum absolute atomic E-state index is 0.368. The van der Waals surface area contributed by atoms with Gasteiger partial charge in [0.25, 0.3) is 17.7 Å². The zero-order chi connectivity index (χ0) is 20.6. The third-order valence-electron chi connectivity index (χ3n) is 4.42. The number of hydrogen-bond acceptors (Lipinski definition) is 6. The van der Waals surface area contributed by atoms with Crippen LogP contribution in [0.15, 0.2) is 52.3 Å². The molecule has 1 unspecified atom stereocenters. The van der Waals surface area contributed by atoms with E-state index in [9.17, 15) is 9.59 Å². The van der Waals surface area contributed by atoms with E-state index in [-0.39, 0.29) is 5.91 Å². The van der Waals surface area contributed by atoms with Crippen molar-refractivity contribution in [2.24, 2.45) is 0 Å². The monoisotopic (exact) mass is 414 g/mol. The van der Waals surface area contributed by atoms with E-state index in [4.69, 9.17) is 4.42 Å². The minimum Gasteiger partial charge on any atom is -0.414 e. The Kier molecular flexibility index (Phi) is 7.09. The van der Waals surface area contributed by atoms with Crippen molar-refractivity contribution in [2.45, 2.75) is 25.9 Å². The van der Waals surface area contributed by atoms with E-state index in [2.05, 4.69) is 20.8 Å². The lowest BCUT2D eigenvalue weighted by Crippen LogP contribution is -3.12. The summed E-state index contributed by atoms with van der Waals surface area (Å²) in [6.45, 7) is 3.11. The normalized spacial score (nSPS) is 12.9. The fraction of sp³-hybridized carbons (Fsp3) is 0.300. The summed E-state index contributed by atoms with van der Waals surface area (Å²) in [5.41, 5.74) is 0.815. The average Bonchev–Trinajstić information content (AvgIpc) is 3.41. The van der Waals surface area contributed by atoms with Crippen molar-refractivity contribution in [3.05, 3.63) is 59.3 Å². The molecular weight excluding hydrogens is 390 g/mol. The Morgan fingerprint density at radius 2 is 1.97 bits per heavy atom. The summed E-state index contributed by atoms with van der Waals surface area (Å²) in [6.07, 6.45) is 0.845. The van der Waals surface area contributed by atoms with Crippen molar-refractivity contribution in [1.82, 2.24) is 20.8 Å². The predicted octanol–water partition coefficient (Wildman–Crippen LogP) is 1.79. The molecule has 0 saturated heterocycles. The van der Waals surface area contributed by atoms with Gasteiger partial charge in [-0.05, 0) is 17.9 Å².